The van der Waals surface area contributed by atoms with Crippen LogP contribution in [0.4, 0.5) is 0 Å². The number of hydrogen-bond donors (Lipinski definition) is 2. The molecule has 3 N–H and O–H groups in total. The Bertz CT molecular complexity index is 620. The quantitative estimate of drug-likeness (QED) is 0.684. The van der Waals surface area contributed by atoms with Gasteiger partial charge in [0.15, 0.2) is 9.84 Å². The highest BCUT2D eigenvalue weighted by Crippen LogP contribution is 2.26. The number of sulfone groups is 1. The van der Waals surface area contributed by atoms with E-state index in [-0.39, 0.29) is 30.5 Å². The lowest BCUT2D eigenvalue weighted by Gasteiger charge is -2.26. The Balaban J connectivity index is 0.00000484. The maximum Gasteiger partial charge on any atom is 0.239 e. The summed E-state index contributed by atoms with van der Waals surface area (Å²) < 4.78 is 29.7. The molecule has 6 nitrogen and oxygen atoms in total. The molecule has 0 saturated heterocycles. The molecule has 0 spiro atoms. The number of nitrogens with one attached hydrogen (secondary N) is 1. The number of methoxy groups -OCH3 is 1. The molecule has 0 bridgehead atoms. The van der Waals surface area contributed by atoms with Crippen molar-refractivity contribution in [2.24, 2.45) is 5.73 Å². The first-order valence-corrected chi connectivity index (χ1v) is 8.92. The third kappa shape index (κ3) is 5.72. The van der Waals surface area contributed by atoms with E-state index >= 15 is 0 Å². The van der Waals surface area contributed by atoms with Gasteiger partial charge in [0.2, 0.25) is 5.91 Å². The lowest BCUT2D eigenvalue weighted by Crippen LogP contribution is -2.50. The number of carbonyl (C=O) groups is 1. The zero-order chi connectivity index (χ0) is 17.0. The molecular weight excluding hydrogens is 408 g/mol. The molecule has 1 atom stereocenters. The molecule has 1 aromatic rings. The highest BCUT2D eigenvalue weighted by atomic mass is 79.9. The maximum absolute atomic E-state index is 12.7. The van der Waals surface area contributed by atoms with E-state index in [4.69, 9.17) is 10.5 Å². The van der Waals surface area contributed by atoms with Crippen LogP contribution in [-0.2, 0) is 19.4 Å². The van der Waals surface area contributed by atoms with Crippen molar-refractivity contribution in [2.75, 3.05) is 20.3 Å². The lowest BCUT2D eigenvalue weighted by atomic mass is 10.2. The maximum atomic E-state index is 12.7. The monoisotopic (exact) mass is 428 g/mol. The van der Waals surface area contributed by atoms with Gasteiger partial charge in [-0.05, 0) is 38.1 Å². The summed E-state index contributed by atoms with van der Waals surface area (Å²) in [5, 5.41) is 2.56. The van der Waals surface area contributed by atoms with Gasteiger partial charge < -0.3 is 15.8 Å². The molecule has 1 amide bonds. The van der Waals surface area contributed by atoms with Gasteiger partial charge in [-0.15, -0.1) is 12.4 Å². The van der Waals surface area contributed by atoms with E-state index in [9.17, 15) is 13.2 Å². The standard InChI is InChI=1S/C14H21BrN2O4S.ClH/c1-14(2,9-17-13(18)12(16)8-21-3)22(19,20)11-6-4-10(15)5-7-11;/h4-7,12H,8-9,16H2,1-3H3,(H,17,18);1H. The largest absolute Gasteiger partial charge is 0.383 e. The Hall–Kier alpha value is -0.670. The molecule has 132 valence electrons. The minimum Gasteiger partial charge on any atom is -0.383 e. The van der Waals surface area contributed by atoms with Gasteiger partial charge in [0.25, 0.3) is 0 Å². The van der Waals surface area contributed by atoms with Crippen molar-refractivity contribution >= 4 is 44.1 Å². The second-order valence-corrected chi connectivity index (χ2v) is 9.00. The molecule has 1 unspecified atom stereocenters. The van der Waals surface area contributed by atoms with Gasteiger partial charge in [-0.2, -0.15) is 0 Å². The number of rotatable bonds is 7. The fourth-order valence-corrected chi connectivity index (χ4v) is 3.37. The van der Waals surface area contributed by atoms with Crippen molar-refractivity contribution in [3.05, 3.63) is 28.7 Å². The van der Waals surface area contributed by atoms with Crippen molar-refractivity contribution in [2.45, 2.75) is 29.5 Å². The number of nitrogens with two attached hydrogens (primary N) is 1. The van der Waals surface area contributed by atoms with Crippen LogP contribution in [0.25, 0.3) is 0 Å². The van der Waals surface area contributed by atoms with Crippen LogP contribution >= 0.6 is 28.3 Å². The predicted octanol–water partition coefficient (Wildman–Crippen LogP) is 1.51. The highest BCUT2D eigenvalue weighted by Gasteiger charge is 2.36. The Morgan fingerprint density at radius 3 is 2.35 bits per heavy atom. The normalized spacial score (nSPS) is 13.1. The number of carbonyl (C=O) groups excluding carboxylic acids is 1. The Morgan fingerprint density at radius 1 is 1.35 bits per heavy atom. The molecule has 23 heavy (non-hydrogen) atoms. The topological polar surface area (TPSA) is 98.5 Å². The van der Waals surface area contributed by atoms with Crippen LogP contribution in [0.3, 0.4) is 0 Å². The van der Waals surface area contributed by atoms with Crippen molar-refractivity contribution < 1.29 is 17.9 Å². The van der Waals surface area contributed by atoms with E-state index in [2.05, 4.69) is 21.2 Å². The summed E-state index contributed by atoms with van der Waals surface area (Å²) >= 11 is 3.27. The third-order valence-electron chi connectivity index (χ3n) is 3.22. The molecule has 0 aliphatic rings. The van der Waals surface area contributed by atoms with E-state index in [1.165, 1.54) is 19.2 Å². The molecule has 0 heterocycles. The van der Waals surface area contributed by atoms with Crippen LogP contribution in [0, 0.1) is 0 Å². The zero-order valence-electron chi connectivity index (χ0n) is 13.2. The van der Waals surface area contributed by atoms with E-state index in [1.54, 1.807) is 26.0 Å². The number of benzene rings is 1. The van der Waals surface area contributed by atoms with Gasteiger partial charge in [-0.3, -0.25) is 4.79 Å². The minimum atomic E-state index is -3.60. The van der Waals surface area contributed by atoms with Gasteiger partial charge >= 0.3 is 0 Å². The average molecular weight is 430 g/mol. The first-order chi connectivity index (χ1) is 10.1. The van der Waals surface area contributed by atoms with Crippen LogP contribution in [0.15, 0.2) is 33.6 Å². The first-order valence-electron chi connectivity index (χ1n) is 6.64. The summed E-state index contributed by atoms with van der Waals surface area (Å²) in [6, 6.07) is 5.56. The number of halogens is 2. The molecular formula is C14H22BrClN2O4S. The summed E-state index contributed by atoms with van der Waals surface area (Å²) in [7, 11) is -2.16. The fraction of sp³-hybridized carbons (Fsp3) is 0.500. The lowest BCUT2D eigenvalue weighted by molar-refractivity contribution is -0.123. The van der Waals surface area contributed by atoms with Crippen molar-refractivity contribution in [3.63, 3.8) is 0 Å². The predicted molar refractivity (Wildman–Crippen MR) is 95.5 cm³/mol. The number of amides is 1. The van der Waals surface area contributed by atoms with Crippen LogP contribution in [-0.4, -0.2) is 45.4 Å². The molecule has 9 heteroatoms. The van der Waals surface area contributed by atoms with Crippen molar-refractivity contribution in [1.82, 2.24) is 5.32 Å². The van der Waals surface area contributed by atoms with E-state index in [0.29, 0.717) is 0 Å². The van der Waals surface area contributed by atoms with Crippen LogP contribution < -0.4 is 11.1 Å². The molecule has 0 fully saturated rings. The Labute approximate surface area is 151 Å². The zero-order valence-corrected chi connectivity index (χ0v) is 16.4. The fourth-order valence-electron chi connectivity index (χ4n) is 1.71. The van der Waals surface area contributed by atoms with Crippen molar-refractivity contribution in [1.29, 1.82) is 0 Å². The van der Waals surface area contributed by atoms with E-state index in [1.807, 2.05) is 0 Å². The second-order valence-electron chi connectivity index (χ2n) is 5.50. The highest BCUT2D eigenvalue weighted by molar-refractivity contribution is 9.10. The van der Waals surface area contributed by atoms with Gasteiger partial charge in [0.05, 0.1) is 16.2 Å². The SMILES string of the molecule is COCC(N)C(=O)NCC(C)(C)S(=O)(=O)c1ccc(Br)cc1.Cl. The number of ether oxygens (including phenoxy) is 1. The average Bonchev–Trinajstić information content (AvgIpc) is 2.45. The molecule has 0 aliphatic carbocycles. The molecule has 0 aliphatic heterocycles. The first kappa shape index (κ1) is 22.3. The van der Waals surface area contributed by atoms with Crippen LogP contribution in [0.5, 0.6) is 0 Å². The van der Waals surface area contributed by atoms with Gasteiger partial charge in [0, 0.05) is 18.1 Å². The summed E-state index contributed by atoms with van der Waals surface area (Å²) in [6.45, 7) is 3.16. The molecule has 1 rings (SSSR count). The Kier molecular flexibility index (Phi) is 8.72. The van der Waals surface area contributed by atoms with Crippen molar-refractivity contribution in [3.8, 4) is 0 Å². The Morgan fingerprint density at radius 2 is 1.87 bits per heavy atom. The van der Waals surface area contributed by atoms with Crippen LogP contribution in [0.1, 0.15) is 13.8 Å². The summed E-state index contributed by atoms with van der Waals surface area (Å²) in [6.07, 6.45) is 0. The van der Waals surface area contributed by atoms with Gasteiger partial charge in [-0.25, -0.2) is 8.42 Å². The molecule has 0 aromatic heterocycles. The van der Waals surface area contributed by atoms with Gasteiger partial charge in [0.1, 0.15) is 6.04 Å². The minimum absolute atomic E-state index is 0. The third-order valence-corrected chi connectivity index (χ3v) is 6.24. The number of hydrogen-bond acceptors (Lipinski definition) is 5. The summed E-state index contributed by atoms with van der Waals surface area (Å²) in [4.78, 5) is 12.0. The molecule has 0 saturated carbocycles. The molecule has 1 aromatic carbocycles. The smallest absolute Gasteiger partial charge is 0.239 e. The summed E-state index contributed by atoms with van der Waals surface area (Å²) in [5.41, 5.74) is 5.60. The molecule has 0 radical (unpaired) electrons. The van der Waals surface area contributed by atoms with E-state index < -0.39 is 26.5 Å². The van der Waals surface area contributed by atoms with E-state index in [0.717, 1.165) is 4.47 Å². The van der Waals surface area contributed by atoms with Crippen LogP contribution in [0.2, 0.25) is 0 Å². The second kappa shape index (κ2) is 8.98. The van der Waals surface area contributed by atoms with Gasteiger partial charge in [-0.1, -0.05) is 15.9 Å². The summed E-state index contributed by atoms with van der Waals surface area (Å²) in [5.74, 6) is -0.444.